The molecule has 18 heteroatoms. The Bertz CT molecular complexity index is 2450. The molecule has 0 spiro atoms. The third-order valence-corrected chi connectivity index (χ3v) is 8.98. The molecule has 3 amide bonds. The Morgan fingerprint density at radius 3 is 2.11 bits per heavy atom. The fourth-order valence-electron chi connectivity index (χ4n) is 6.37. The lowest BCUT2D eigenvalue weighted by atomic mass is 10.1. The largest absolute Gasteiger partial charge is 0.494 e. The molecule has 2 aromatic carbocycles. The third kappa shape index (κ3) is 8.00. The van der Waals surface area contributed by atoms with Gasteiger partial charge in [0.2, 0.25) is 17.8 Å². The number of anilines is 2. The van der Waals surface area contributed by atoms with E-state index in [-0.39, 0.29) is 30.5 Å². The molecule has 6 aromatic rings. The number of rotatable bonds is 18. The molecule has 56 heavy (non-hydrogen) atoms. The molecule has 0 saturated heterocycles. The van der Waals surface area contributed by atoms with Gasteiger partial charge in [-0.25, -0.2) is 9.97 Å². The maximum atomic E-state index is 13.6. The molecule has 292 valence electrons. The average Bonchev–Trinajstić information content (AvgIpc) is 3.98. The lowest BCUT2D eigenvalue weighted by Crippen LogP contribution is -2.20. The SMILES string of the molecule is CCn1nc(C)cc1C(=O)Nc1nc2cc(C(N)=O)cc(OC)c2n1C/C=C/Cn1c(NC(=O)c2ccnn2CC)nc2cc(C=O)cc(OCCCNC)c21. The maximum absolute atomic E-state index is 13.6. The maximum Gasteiger partial charge on any atom is 0.276 e. The van der Waals surface area contributed by atoms with Crippen LogP contribution in [0.25, 0.3) is 22.1 Å². The van der Waals surface area contributed by atoms with Crippen LogP contribution in [0.5, 0.6) is 11.5 Å². The Morgan fingerprint density at radius 1 is 0.857 bits per heavy atom. The molecule has 0 aliphatic heterocycles. The van der Waals surface area contributed by atoms with Gasteiger partial charge < -0.3 is 29.7 Å². The molecule has 0 radical (unpaired) electrons. The van der Waals surface area contributed by atoms with Gasteiger partial charge in [0.15, 0.2) is 0 Å². The van der Waals surface area contributed by atoms with Gasteiger partial charge in [-0.15, -0.1) is 0 Å². The number of nitrogens with zero attached hydrogens (tertiary/aromatic N) is 8. The molecular weight excluding hydrogens is 720 g/mol. The van der Waals surface area contributed by atoms with Crippen LogP contribution in [-0.4, -0.2) is 90.0 Å². The molecular formula is C38H44N12O6. The molecule has 4 heterocycles. The molecule has 0 saturated carbocycles. The number of nitrogens with two attached hydrogens (primary N) is 1. The van der Waals surface area contributed by atoms with Crippen molar-refractivity contribution in [3.05, 3.63) is 83.0 Å². The van der Waals surface area contributed by atoms with Crippen molar-refractivity contribution in [1.29, 1.82) is 0 Å². The lowest BCUT2D eigenvalue weighted by Gasteiger charge is -2.13. The van der Waals surface area contributed by atoms with E-state index in [4.69, 9.17) is 20.2 Å². The molecule has 6 rings (SSSR count). The minimum atomic E-state index is -0.659. The number of carbonyl (C=O) groups excluding carboxylic acids is 4. The summed E-state index contributed by atoms with van der Waals surface area (Å²) < 4.78 is 18.6. The zero-order valence-corrected chi connectivity index (χ0v) is 31.8. The van der Waals surface area contributed by atoms with Crippen molar-refractivity contribution in [3.8, 4) is 11.5 Å². The van der Waals surface area contributed by atoms with Gasteiger partial charge in [-0.2, -0.15) is 10.2 Å². The normalized spacial score (nSPS) is 11.4. The van der Waals surface area contributed by atoms with E-state index in [0.29, 0.717) is 82.3 Å². The fourth-order valence-corrected chi connectivity index (χ4v) is 6.37. The van der Waals surface area contributed by atoms with Crippen LogP contribution in [-0.2, 0) is 26.2 Å². The van der Waals surface area contributed by atoms with Crippen molar-refractivity contribution in [1.82, 2.24) is 44.0 Å². The smallest absolute Gasteiger partial charge is 0.276 e. The third-order valence-electron chi connectivity index (χ3n) is 8.98. The number of aldehydes is 1. The van der Waals surface area contributed by atoms with Crippen molar-refractivity contribution in [3.63, 3.8) is 0 Å². The lowest BCUT2D eigenvalue weighted by molar-refractivity contribution is 0.0994. The minimum absolute atomic E-state index is 0.192. The molecule has 18 nitrogen and oxygen atoms in total. The first-order chi connectivity index (χ1) is 27.1. The first-order valence-corrected chi connectivity index (χ1v) is 18.1. The molecule has 0 unspecified atom stereocenters. The number of ether oxygens (including phenoxy) is 2. The molecule has 0 fully saturated rings. The van der Waals surface area contributed by atoms with Gasteiger partial charge in [0.1, 0.15) is 40.2 Å². The van der Waals surface area contributed by atoms with Gasteiger partial charge in [-0.1, -0.05) is 12.2 Å². The summed E-state index contributed by atoms with van der Waals surface area (Å²) in [5.41, 5.74) is 9.50. The second kappa shape index (κ2) is 17.1. The highest BCUT2D eigenvalue weighted by Gasteiger charge is 2.23. The predicted octanol–water partition coefficient (Wildman–Crippen LogP) is 3.80. The summed E-state index contributed by atoms with van der Waals surface area (Å²) in [4.78, 5) is 60.6. The molecule has 0 aliphatic carbocycles. The summed E-state index contributed by atoms with van der Waals surface area (Å²) in [5.74, 6) is -0.307. The van der Waals surface area contributed by atoms with E-state index in [2.05, 4.69) is 31.1 Å². The highest BCUT2D eigenvalue weighted by atomic mass is 16.5. The summed E-state index contributed by atoms with van der Waals surface area (Å²) in [6.07, 6.45) is 6.71. The molecule has 0 bridgehead atoms. The summed E-state index contributed by atoms with van der Waals surface area (Å²) in [5, 5.41) is 17.5. The van der Waals surface area contributed by atoms with Crippen molar-refractivity contribution in [2.45, 2.75) is 53.4 Å². The number of benzene rings is 2. The van der Waals surface area contributed by atoms with Crippen molar-refractivity contribution >= 4 is 58.0 Å². The number of fused-ring (bicyclic) bond motifs is 2. The predicted molar refractivity (Wildman–Crippen MR) is 210 cm³/mol. The summed E-state index contributed by atoms with van der Waals surface area (Å²) >= 11 is 0. The highest BCUT2D eigenvalue weighted by Crippen LogP contribution is 2.33. The number of allylic oxidation sites excluding steroid dienone is 2. The van der Waals surface area contributed by atoms with Gasteiger partial charge in [-0.05, 0) is 77.2 Å². The van der Waals surface area contributed by atoms with E-state index in [1.54, 1.807) is 62.0 Å². The quantitative estimate of drug-likeness (QED) is 0.0560. The van der Waals surface area contributed by atoms with Crippen LogP contribution in [0.3, 0.4) is 0 Å². The number of hydrogen-bond acceptors (Lipinski definition) is 11. The fraction of sp³-hybridized carbons (Fsp3) is 0.316. The average molecular weight is 765 g/mol. The van der Waals surface area contributed by atoms with E-state index in [1.165, 1.54) is 13.2 Å². The van der Waals surface area contributed by atoms with Crippen LogP contribution in [0, 0.1) is 6.92 Å². The second-order valence-corrected chi connectivity index (χ2v) is 12.7. The summed E-state index contributed by atoms with van der Waals surface area (Å²) in [7, 11) is 3.32. The van der Waals surface area contributed by atoms with Crippen LogP contribution in [0.1, 0.15) is 67.7 Å². The number of methoxy groups -OCH3 is 1. The zero-order chi connectivity index (χ0) is 39.9. The van der Waals surface area contributed by atoms with Gasteiger partial charge >= 0.3 is 0 Å². The van der Waals surface area contributed by atoms with Crippen LogP contribution in [0.15, 0.2) is 54.7 Å². The Kier molecular flexibility index (Phi) is 11.9. The highest BCUT2D eigenvalue weighted by molar-refractivity contribution is 6.05. The topological polar surface area (TPSA) is 220 Å². The Balaban J connectivity index is 1.39. The number of aromatic nitrogens is 8. The van der Waals surface area contributed by atoms with Crippen molar-refractivity contribution in [2.24, 2.45) is 5.73 Å². The number of nitrogens with one attached hydrogen (secondary N) is 3. The zero-order valence-electron chi connectivity index (χ0n) is 31.8. The van der Waals surface area contributed by atoms with Gasteiger partial charge in [0.25, 0.3) is 11.8 Å². The van der Waals surface area contributed by atoms with E-state index in [9.17, 15) is 19.2 Å². The number of primary amides is 1. The van der Waals surface area contributed by atoms with Crippen LogP contribution in [0.4, 0.5) is 11.9 Å². The van der Waals surface area contributed by atoms with Crippen LogP contribution >= 0.6 is 0 Å². The van der Waals surface area contributed by atoms with Gasteiger partial charge in [0.05, 0.1) is 30.4 Å². The molecule has 5 N–H and O–H groups in total. The molecule has 0 atom stereocenters. The number of amides is 3. The molecule has 0 aliphatic rings. The first kappa shape index (κ1) is 38.9. The van der Waals surface area contributed by atoms with Crippen LogP contribution in [0.2, 0.25) is 0 Å². The van der Waals surface area contributed by atoms with Gasteiger partial charge in [0, 0.05) is 43.5 Å². The summed E-state index contributed by atoms with van der Waals surface area (Å²) in [6.45, 7) is 8.05. The number of imidazole rings is 2. The number of carbonyl (C=O) groups is 4. The van der Waals surface area contributed by atoms with E-state index in [1.807, 2.05) is 33.0 Å². The first-order valence-electron chi connectivity index (χ1n) is 18.1. The van der Waals surface area contributed by atoms with E-state index < -0.39 is 17.7 Å². The molecule has 4 aromatic heterocycles. The van der Waals surface area contributed by atoms with E-state index in [0.717, 1.165) is 12.8 Å². The summed E-state index contributed by atoms with van der Waals surface area (Å²) in [6, 6.07) is 9.67. The van der Waals surface area contributed by atoms with Crippen molar-refractivity contribution in [2.75, 3.05) is 37.9 Å². The Morgan fingerprint density at radius 2 is 1.50 bits per heavy atom. The standard InChI is InChI=1S/C38H44N12O6/c1-6-49-28(11-13-41-49)35(53)44-37-42-26-18-24(22-51)19-31(56-16-10-12-40-4)33(26)48(37)15-9-8-14-47-32-27(20-25(34(39)52)21-30(32)55-5)43-38(47)45-36(54)29-17-23(3)46-50(29)7-2/h8-9,11,13,17-22,40H,6-7,10,12,14-16H2,1-5H3,(H2,39,52)(H,42,44,53)(H,43,45,54)/b9-8+. The number of hydrogen-bond donors (Lipinski definition) is 4. The van der Waals surface area contributed by atoms with Gasteiger partial charge in [-0.3, -0.25) is 39.2 Å². The monoisotopic (exact) mass is 764 g/mol. The van der Waals surface area contributed by atoms with Crippen molar-refractivity contribution < 1.29 is 28.7 Å². The van der Waals surface area contributed by atoms with E-state index >= 15 is 0 Å². The number of aryl methyl sites for hydroxylation is 3. The Labute approximate surface area is 321 Å². The van der Waals surface area contributed by atoms with Crippen LogP contribution < -0.4 is 31.2 Å². The second-order valence-electron chi connectivity index (χ2n) is 12.7. The Hall–Kier alpha value is -6.82. The minimum Gasteiger partial charge on any atom is -0.494 e.